The smallest absolute Gasteiger partial charge is 0.221 e. The molecule has 0 fully saturated rings. The third-order valence-electron chi connectivity index (χ3n) is 4.29. The van der Waals surface area contributed by atoms with Gasteiger partial charge in [-0.3, -0.25) is 4.79 Å². The maximum Gasteiger partial charge on any atom is 0.221 e. The van der Waals surface area contributed by atoms with Crippen LogP contribution in [0.25, 0.3) is 28.2 Å². The summed E-state index contributed by atoms with van der Waals surface area (Å²) >= 11 is 12.6. The van der Waals surface area contributed by atoms with E-state index < -0.39 is 0 Å². The van der Waals surface area contributed by atoms with E-state index >= 15 is 0 Å². The van der Waals surface area contributed by atoms with Gasteiger partial charge < -0.3 is 11.1 Å². The molecule has 2 heterocycles. The molecule has 8 nitrogen and oxygen atoms in total. The summed E-state index contributed by atoms with van der Waals surface area (Å²) in [5.41, 5.74) is 9.37. The second kappa shape index (κ2) is 8.10. The van der Waals surface area contributed by atoms with Gasteiger partial charge >= 0.3 is 0 Å². The number of halogens is 2. The summed E-state index contributed by atoms with van der Waals surface area (Å²) in [6.07, 6.45) is 1.64. The van der Waals surface area contributed by atoms with Crippen LogP contribution in [0.15, 0.2) is 54.7 Å². The Morgan fingerprint density at radius 3 is 2.53 bits per heavy atom. The summed E-state index contributed by atoms with van der Waals surface area (Å²) in [6, 6.07) is 14.3. The van der Waals surface area contributed by atoms with Crippen molar-refractivity contribution in [3.63, 3.8) is 0 Å². The normalized spacial score (nSPS) is 10.8. The van der Waals surface area contributed by atoms with Crippen LogP contribution in [0.4, 0.5) is 11.5 Å². The number of aromatic nitrogens is 5. The second-order valence-electron chi connectivity index (χ2n) is 6.40. The lowest BCUT2D eigenvalue weighted by Crippen LogP contribution is -2.05. The van der Waals surface area contributed by atoms with Gasteiger partial charge in [-0.1, -0.05) is 41.4 Å². The molecule has 4 rings (SSSR count). The molecule has 30 heavy (non-hydrogen) atoms. The van der Waals surface area contributed by atoms with Gasteiger partial charge in [0.15, 0.2) is 5.82 Å². The molecule has 10 heteroatoms. The third kappa shape index (κ3) is 3.83. The van der Waals surface area contributed by atoms with E-state index in [1.54, 1.807) is 30.5 Å². The molecule has 150 valence electrons. The van der Waals surface area contributed by atoms with Crippen molar-refractivity contribution >= 4 is 40.6 Å². The first-order chi connectivity index (χ1) is 14.4. The molecule has 1 amide bonds. The van der Waals surface area contributed by atoms with Crippen LogP contribution < -0.4 is 11.1 Å². The largest absolute Gasteiger partial charge is 0.383 e. The van der Waals surface area contributed by atoms with Gasteiger partial charge in [0.25, 0.3) is 0 Å². The van der Waals surface area contributed by atoms with E-state index in [9.17, 15) is 4.79 Å². The Bertz CT molecular complexity index is 1240. The Hall–Kier alpha value is -3.49. The minimum absolute atomic E-state index is 0.154. The first-order valence-electron chi connectivity index (χ1n) is 8.80. The highest BCUT2D eigenvalue weighted by atomic mass is 35.5. The zero-order valence-electron chi connectivity index (χ0n) is 15.7. The minimum atomic E-state index is -0.154. The maximum absolute atomic E-state index is 11.4. The fraction of sp³-hybridized carbons (Fsp3) is 0.0500. The van der Waals surface area contributed by atoms with E-state index in [2.05, 4.69) is 25.8 Å². The van der Waals surface area contributed by atoms with E-state index in [0.717, 1.165) is 11.1 Å². The van der Waals surface area contributed by atoms with Gasteiger partial charge in [-0.15, -0.1) is 5.10 Å². The molecule has 4 aromatic rings. The topological polar surface area (TPSA) is 112 Å². The maximum atomic E-state index is 11.4. The van der Waals surface area contributed by atoms with Crippen LogP contribution in [-0.2, 0) is 4.79 Å². The number of pyridine rings is 1. The summed E-state index contributed by atoms with van der Waals surface area (Å²) in [7, 11) is 0. The number of benzene rings is 2. The number of amides is 1. The number of nitrogens with one attached hydrogen (secondary N) is 1. The summed E-state index contributed by atoms with van der Waals surface area (Å²) in [4.78, 5) is 15.7. The Labute approximate surface area is 181 Å². The molecule has 0 bridgehead atoms. The van der Waals surface area contributed by atoms with Gasteiger partial charge in [0.2, 0.25) is 5.91 Å². The Morgan fingerprint density at radius 2 is 1.80 bits per heavy atom. The van der Waals surface area contributed by atoms with E-state index in [4.69, 9.17) is 28.9 Å². The van der Waals surface area contributed by atoms with Crippen LogP contribution >= 0.6 is 23.2 Å². The Balaban J connectivity index is 1.82. The van der Waals surface area contributed by atoms with Crippen LogP contribution in [0.2, 0.25) is 10.0 Å². The van der Waals surface area contributed by atoms with Crippen molar-refractivity contribution in [2.45, 2.75) is 6.92 Å². The predicted molar refractivity (Wildman–Crippen MR) is 117 cm³/mol. The molecule has 0 aliphatic carbocycles. The third-order valence-corrected chi connectivity index (χ3v) is 4.90. The highest BCUT2D eigenvalue weighted by Gasteiger charge is 2.19. The zero-order valence-corrected chi connectivity index (χ0v) is 17.2. The lowest BCUT2D eigenvalue weighted by atomic mass is 10.0. The molecule has 0 atom stereocenters. The molecule has 2 aromatic carbocycles. The fourth-order valence-corrected chi connectivity index (χ4v) is 3.55. The predicted octanol–water partition coefficient (Wildman–Crippen LogP) is 4.24. The minimum Gasteiger partial charge on any atom is -0.383 e. The molecular weight excluding hydrogens is 425 g/mol. The first-order valence-corrected chi connectivity index (χ1v) is 9.56. The molecule has 0 aliphatic rings. The zero-order chi connectivity index (χ0) is 21.3. The van der Waals surface area contributed by atoms with Crippen molar-refractivity contribution in [2.24, 2.45) is 0 Å². The average Bonchev–Trinajstić information content (AvgIpc) is 3.17. The van der Waals surface area contributed by atoms with Crippen molar-refractivity contribution in [1.29, 1.82) is 0 Å². The first kappa shape index (κ1) is 19.8. The number of tetrazole rings is 1. The van der Waals surface area contributed by atoms with E-state index in [1.807, 2.05) is 24.3 Å². The van der Waals surface area contributed by atoms with Crippen molar-refractivity contribution in [3.05, 3.63) is 64.8 Å². The highest BCUT2D eigenvalue weighted by molar-refractivity contribution is 6.37. The van der Waals surface area contributed by atoms with Crippen molar-refractivity contribution in [3.8, 4) is 28.2 Å². The lowest BCUT2D eigenvalue weighted by Gasteiger charge is -2.11. The van der Waals surface area contributed by atoms with Crippen LogP contribution in [0, 0.1) is 0 Å². The van der Waals surface area contributed by atoms with Crippen LogP contribution in [0.1, 0.15) is 6.92 Å². The molecule has 0 unspecified atom stereocenters. The molecule has 0 saturated heterocycles. The standard InChI is InChI=1S/C20H15Cl2N7O/c1-11(30)25-14-5-2-4-12(8-14)13-9-15(19(23)24-10-13)20-26-27-28-29(20)18-16(21)6-3-7-17(18)22/h2-10H,1H3,(H2,23,24)(H,25,30). The van der Waals surface area contributed by atoms with Gasteiger partial charge in [0.05, 0.1) is 15.6 Å². The number of rotatable bonds is 4. The summed E-state index contributed by atoms with van der Waals surface area (Å²) in [5.74, 6) is 0.435. The number of hydrogen-bond acceptors (Lipinski definition) is 6. The number of carbonyl (C=O) groups is 1. The van der Waals surface area contributed by atoms with Crippen LogP contribution in [0.5, 0.6) is 0 Å². The quantitative estimate of drug-likeness (QED) is 0.491. The van der Waals surface area contributed by atoms with Crippen LogP contribution in [0.3, 0.4) is 0 Å². The molecule has 0 radical (unpaired) electrons. The summed E-state index contributed by atoms with van der Waals surface area (Å²) < 4.78 is 1.43. The van der Waals surface area contributed by atoms with E-state index in [-0.39, 0.29) is 11.7 Å². The van der Waals surface area contributed by atoms with Gasteiger partial charge in [-0.25, -0.2) is 4.98 Å². The Kier molecular flexibility index (Phi) is 5.35. The number of hydrogen-bond donors (Lipinski definition) is 2. The van der Waals surface area contributed by atoms with Crippen molar-refractivity contribution in [1.82, 2.24) is 25.2 Å². The number of nitrogens with two attached hydrogens (primary N) is 1. The molecular formula is C20H15Cl2N7O. The molecule has 0 saturated carbocycles. The average molecular weight is 440 g/mol. The monoisotopic (exact) mass is 439 g/mol. The van der Waals surface area contributed by atoms with E-state index in [0.29, 0.717) is 32.8 Å². The number of nitrogen functional groups attached to an aromatic ring is 1. The van der Waals surface area contributed by atoms with Crippen LogP contribution in [-0.4, -0.2) is 31.1 Å². The van der Waals surface area contributed by atoms with Gasteiger partial charge in [-0.2, -0.15) is 4.68 Å². The molecule has 0 aliphatic heterocycles. The van der Waals surface area contributed by atoms with Crippen molar-refractivity contribution < 1.29 is 4.79 Å². The molecule has 2 aromatic heterocycles. The molecule has 0 spiro atoms. The number of carbonyl (C=O) groups excluding carboxylic acids is 1. The summed E-state index contributed by atoms with van der Waals surface area (Å²) in [5, 5.41) is 15.4. The Morgan fingerprint density at radius 1 is 1.07 bits per heavy atom. The molecule has 3 N–H and O–H groups in total. The van der Waals surface area contributed by atoms with Crippen molar-refractivity contribution in [2.75, 3.05) is 11.1 Å². The van der Waals surface area contributed by atoms with E-state index in [1.165, 1.54) is 11.6 Å². The van der Waals surface area contributed by atoms with Gasteiger partial charge in [0.1, 0.15) is 11.5 Å². The number of para-hydroxylation sites is 1. The second-order valence-corrected chi connectivity index (χ2v) is 7.22. The summed E-state index contributed by atoms with van der Waals surface area (Å²) in [6.45, 7) is 1.45. The lowest BCUT2D eigenvalue weighted by molar-refractivity contribution is -0.114. The number of nitrogens with zero attached hydrogens (tertiary/aromatic N) is 5. The van der Waals surface area contributed by atoms with Gasteiger partial charge in [-0.05, 0) is 46.3 Å². The fourth-order valence-electron chi connectivity index (χ4n) is 2.99. The SMILES string of the molecule is CC(=O)Nc1cccc(-c2cnc(N)c(-c3nnnn3-c3c(Cl)cccc3Cl)c2)c1. The highest BCUT2D eigenvalue weighted by Crippen LogP contribution is 2.34. The number of anilines is 2. The van der Waals surface area contributed by atoms with Gasteiger partial charge in [0, 0.05) is 24.4 Å².